The second kappa shape index (κ2) is 4.21. The lowest BCUT2D eigenvalue weighted by Crippen LogP contribution is -2.13. The molecule has 2 rings (SSSR count). The molecular formula is C13H20N2. The van der Waals surface area contributed by atoms with E-state index in [-0.39, 0.29) is 0 Å². The Morgan fingerprint density at radius 3 is 2.60 bits per heavy atom. The van der Waals surface area contributed by atoms with Crippen molar-refractivity contribution in [2.75, 3.05) is 5.73 Å². The van der Waals surface area contributed by atoms with E-state index in [1.54, 1.807) is 0 Å². The van der Waals surface area contributed by atoms with Crippen LogP contribution in [0.4, 0.5) is 5.82 Å². The molecule has 0 amide bonds. The number of anilines is 1. The quantitative estimate of drug-likeness (QED) is 0.762. The van der Waals surface area contributed by atoms with Crippen molar-refractivity contribution in [1.82, 2.24) is 4.98 Å². The van der Waals surface area contributed by atoms with Crippen LogP contribution in [0.1, 0.15) is 49.7 Å². The van der Waals surface area contributed by atoms with E-state index >= 15 is 0 Å². The molecule has 1 heterocycles. The summed E-state index contributed by atoms with van der Waals surface area (Å²) >= 11 is 0. The lowest BCUT2D eigenvalue weighted by molar-refractivity contribution is 0.348. The summed E-state index contributed by atoms with van der Waals surface area (Å²) in [7, 11) is 0. The van der Waals surface area contributed by atoms with Gasteiger partial charge >= 0.3 is 0 Å². The first-order valence-electron chi connectivity index (χ1n) is 5.89. The minimum atomic E-state index is 0.647. The van der Waals surface area contributed by atoms with Crippen molar-refractivity contribution in [3.8, 4) is 0 Å². The molecule has 0 spiro atoms. The van der Waals surface area contributed by atoms with Crippen molar-refractivity contribution in [2.45, 2.75) is 45.4 Å². The second-order valence-corrected chi connectivity index (χ2v) is 4.94. The Bertz CT molecular complexity index is 338. The predicted molar refractivity (Wildman–Crippen MR) is 63.8 cm³/mol. The summed E-state index contributed by atoms with van der Waals surface area (Å²) in [5, 5.41) is 0. The largest absolute Gasteiger partial charge is 0.383 e. The fraction of sp³-hybridized carbons (Fsp3) is 0.615. The lowest BCUT2D eigenvalue weighted by atomic mass is 9.79. The SMILES string of the molecule is Cc1cnc(N)c(C2CCC(C)CC2)c1. The number of pyridine rings is 1. The highest BCUT2D eigenvalue weighted by molar-refractivity contribution is 5.43. The molecule has 1 fully saturated rings. The highest BCUT2D eigenvalue weighted by Crippen LogP contribution is 2.37. The Kier molecular flexibility index (Phi) is 2.94. The van der Waals surface area contributed by atoms with Crippen LogP contribution in [-0.2, 0) is 0 Å². The van der Waals surface area contributed by atoms with Gasteiger partial charge in [0.2, 0.25) is 0 Å². The van der Waals surface area contributed by atoms with Crippen LogP contribution in [0.2, 0.25) is 0 Å². The monoisotopic (exact) mass is 204 g/mol. The molecule has 1 aliphatic carbocycles. The Morgan fingerprint density at radius 1 is 1.27 bits per heavy atom. The summed E-state index contributed by atoms with van der Waals surface area (Å²) < 4.78 is 0. The summed E-state index contributed by atoms with van der Waals surface area (Å²) in [6, 6.07) is 2.21. The average molecular weight is 204 g/mol. The molecule has 15 heavy (non-hydrogen) atoms. The van der Waals surface area contributed by atoms with Gasteiger partial charge in [-0.3, -0.25) is 0 Å². The van der Waals surface area contributed by atoms with Gasteiger partial charge in [0.25, 0.3) is 0 Å². The van der Waals surface area contributed by atoms with E-state index in [2.05, 4.69) is 24.9 Å². The van der Waals surface area contributed by atoms with E-state index in [0.717, 1.165) is 11.7 Å². The van der Waals surface area contributed by atoms with E-state index in [1.165, 1.54) is 36.8 Å². The molecule has 1 saturated carbocycles. The van der Waals surface area contributed by atoms with Gasteiger partial charge in [-0.05, 0) is 42.7 Å². The van der Waals surface area contributed by atoms with E-state index in [4.69, 9.17) is 5.73 Å². The molecule has 0 aromatic carbocycles. The number of hydrogen-bond acceptors (Lipinski definition) is 2. The maximum atomic E-state index is 5.94. The standard InChI is InChI=1S/C13H20N2/c1-9-3-5-11(6-4-9)12-7-10(2)8-15-13(12)14/h7-9,11H,3-6H2,1-2H3,(H2,14,15). The van der Waals surface area contributed by atoms with Crippen LogP contribution in [0.25, 0.3) is 0 Å². The molecule has 2 heteroatoms. The van der Waals surface area contributed by atoms with Gasteiger partial charge in [0.1, 0.15) is 5.82 Å². The van der Waals surface area contributed by atoms with E-state index in [9.17, 15) is 0 Å². The maximum absolute atomic E-state index is 5.94. The molecular weight excluding hydrogens is 184 g/mol. The van der Waals surface area contributed by atoms with Crippen molar-refractivity contribution in [2.24, 2.45) is 5.92 Å². The van der Waals surface area contributed by atoms with Gasteiger partial charge in [-0.15, -0.1) is 0 Å². The first kappa shape index (κ1) is 10.5. The maximum Gasteiger partial charge on any atom is 0.126 e. The zero-order valence-electron chi connectivity index (χ0n) is 9.66. The molecule has 2 nitrogen and oxygen atoms in total. The molecule has 2 N–H and O–H groups in total. The lowest BCUT2D eigenvalue weighted by Gasteiger charge is -2.27. The zero-order chi connectivity index (χ0) is 10.8. The number of aryl methyl sites for hydroxylation is 1. The number of nitrogen functional groups attached to an aromatic ring is 1. The number of nitrogens with two attached hydrogens (primary N) is 1. The van der Waals surface area contributed by atoms with Gasteiger partial charge in [-0.1, -0.05) is 25.8 Å². The van der Waals surface area contributed by atoms with Crippen LogP contribution in [0.5, 0.6) is 0 Å². The topological polar surface area (TPSA) is 38.9 Å². The van der Waals surface area contributed by atoms with Gasteiger partial charge in [-0.2, -0.15) is 0 Å². The highest BCUT2D eigenvalue weighted by Gasteiger charge is 2.21. The van der Waals surface area contributed by atoms with Gasteiger partial charge in [0.05, 0.1) is 0 Å². The first-order valence-corrected chi connectivity index (χ1v) is 5.89. The fourth-order valence-corrected chi connectivity index (χ4v) is 2.50. The molecule has 1 aromatic rings. The molecule has 0 atom stereocenters. The number of aromatic nitrogens is 1. The normalized spacial score (nSPS) is 26.5. The number of rotatable bonds is 1. The fourth-order valence-electron chi connectivity index (χ4n) is 2.50. The Labute approximate surface area is 91.9 Å². The van der Waals surface area contributed by atoms with Gasteiger partial charge in [0.15, 0.2) is 0 Å². The summed E-state index contributed by atoms with van der Waals surface area (Å²) in [6.07, 6.45) is 7.06. The van der Waals surface area contributed by atoms with Gasteiger partial charge in [0, 0.05) is 6.20 Å². The Morgan fingerprint density at radius 2 is 1.93 bits per heavy atom. The number of nitrogens with zero attached hydrogens (tertiary/aromatic N) is 1. The molecule has 1 aromatic heterocycles. The van der Waals surface area contributed by atoms with Gasteiger partial charge < -0.3 is 5.73 Å². The summed E-state index contributed by atoms with van der Waals surface area (Å²) in [4.78, 5) is 4.25. The molecule has 0 unspecified atom stereocenters. The molecule has 82 valence electrons. The predicted octanol–water partition coefficient (Wildman–Crippen LogP) is 3.27. The molecule has 0 aliphatic heterocycles. The summed E-state index contributed by atoms with van der Waals surface area (Å²) in [6.45, 7) is 4.43. The highest BCUT2D eigenvalue weighted by atomic mass is 14.8. The Balaban J connectivity index is 2.18. The summed E-state index contributed by atoms with van der Waals surface area (Å²) in [5.74, 6) is 2.27. The minimum absolute atomic E-state index is 0.647. The third-order valence-electron chi connectivity index (χ3n) is 3.54. The average Bonchev–Trinajstić information content (AvgIpc) is 2.23. The van der Waals surface area contributed by atoms with Crippen molar-refractivity contribution < 1.29 is 0 Å². The van der Waals surface area contributed by atoms with E-state index in [1.807, 2.05) is 6.20 Å². The molecule has 0 radical (unpaired) electrons. The van der Waals surface area contributed by atoms with Crippen molar-refractivity contribution in [3.05, 3.63) is 23.4 Å². The third-order valence-corrected chi connectivity index (χ3v) is 3.54. The summed E-state index contributed by atoms with van der Waals surface area (Å²) in [5.41, 5.74) is 8.44. The van der Waals surface area contributed by atoms with Gasteiger partial charge in [-0.25, -0.2) is 4.98 Å². The second-order valence-electron chi connectivity index (χ2n) is 4.94. The van der Waals surface area contributed by atoms with E-state index in [0.29, 0.717) is 5.92 Å². The van der Waals surface area contributed by atoms with Crippen LogP contribution in [0, 0.1) is 12.8 Å². The molecule has 1 aliphatic rings. The van der Waals surface area contributed by atoms with Crippen LogP contribution < -0.4 is 5.73 Å². The van der Waals surface area contributed by atoms with Crippen LogP contribution in [0.3, 0.4) is 0 Å². The van der Waals surface area contributed by atoms with Crippen LogP contribution in [0.15, 0.2) is 12.3 Å². The van der Waals surface area contributed by atoms with Crippen molar-refractivity contribution in [1.29, 1.82) is 0 Å². The van der Waals surface area contributed by atoms with Crippen LogP contribution in [-0.4, -0.2) is 4.98 Å². The smallest absolute Gasteiger partial charge is 0.126 e. The zero-order valence-corrected chi connectivity index (χ0v) is 9.66. The van der Waals surface area contributed by atoms with Crippen molar-refractivity contribution >= 4 is 5.82 Å². The minimum Gasteiger partial charge on any atom is -0.383 e. The van der Waals surface area contributed by atoms with Crippen LogP contribution >= 0.6 is 0 Å². The third kappa shape index (κ3) is 2.31. The van der Waals surface area contributed by atoms with E-state index < -0.39 is 0 Å². The molecule has 0 bridgehead atoms. The molecule has 0 saturated heterocycles. The van der Waals surface area contributed by atoms with Crippen molar-refractivity contribution in [3.63, 3.8) is 0 Å². The first-order chi connectivity index (χ1) is 7.16. The number of hydrogen-bond donors (Lipinski definition) is 1. The Hall–Kier alpha value is -1.05.